The number of amides is 1. The van der Waals surface area contributed by atoms with Gasteiger partial charge in [0.2, 0.25) is 5.91 Å². The van der Waals surface area contributed by atoms with E-state index in [1.54, 1.807) is 12.4 Å². The summed E-state index contributed by atoms with van der Waals surface area (Å²) in [5, 5.41) is 6.72. The normalized spacial score (nSPS) is 31.4. The van der Waals surface area contributed by atoms with Crippen LogP contribution in [0.15, 0.2) is 12.4 Å². The van der Waals surface area contributed by atoms with Crippen LogP contribution in [0.5, 0.6) is 0 Å². The standard InChI is InChI=1S/C12H18N4O/c17-11(8-10-14-6-7-15-10)16-12-3-1-2-9(12)13-5-4-12/h6-7,9,13H,1-5,8H2,(H,14,15)(H,16,17). The molecule has 2 atom stereocenters. The third kappa shape index (κ3) is 1.95. The van der Waals surface area contributed by atoms with Crippen molar-refractivity contribution in [3.8, 4) is 0 Å². The van der Waals surface area contributed by atoms with Gasteiger partial charge in [0.15, 0.2) is 0 Å². The number of aromatic nitrogens is 2. The van der Waals surface area contributed by atoms with Gasteiger partial charge < -0.3 is 15.6 Å². The minimum absolute atomic E-state index is 0.0175. The molecule has 0 radical (unpaired) electrons. The number of hydrogen-bond acceptors (Lipinski definition) is 3. The number of aromatic amines is 1. The first-order valence-electron chi connectivity index (χ1n) is 6.31. The summed E-state index contributed by atoms with van der Waals surface area (Å²) in [6, 6.07) is 0.475. The van der Waals surface area contributed by atoms with Crippen molar-refractivity contribution in [2.75, 3.05) is 6.54 Å². The average Bonchev–Trinajstić information content (AvgIpc) is 2.92. The highest BCUT2D eigenvalue weighted by molar-refractivity contribution is 5.78. The van der Waals surface area contributed by atoms with Crippen molar-refractivity contribution < 1.29 is 4.79 Å². The molecule has 17 heavy (non-hydrogen) atoms. The summed E-state index contributed by atoms with van der Waals surface area (Å²) in [4.78, 5) is 19.0. The van der Waals surface area contributed by atoms with Gasteiger partial charge in [-0.2, -0.15) is 0 Å². The molecule has 1 aromatic heterocycles. The fourth-order valence-corrected chi connectivity index (χ4v) is 3.22. The number of H-pyrrole nitrogens is 1. The molecule has 0 bridgehead atoms. The predicted octanol–water partition coefficient (Wildman–Crippen LogP) is 0.353. The summed E-state index contributed by atoms with van der Waals surface area (Å²) in [6.07, 6.45) is 8.32. The quantitative estimate of drug-likeness (QED) is 0.707. The third-order valence-corrected chi connectivity index (χ3v) is 4.02. The van der Waals surface area contributed by atoms with E-state index in [2.05, 4.69) is 20.6 Å². The van der Waals surface area contributed by atoms with Crippen LogP contribution in [0.4, 0.5) is 0 Å². The molecule has 2 fully saturated rings. The number of carbonyl (C=O) groups excluding carboxylic acids is 1. The molecule has 1 saturated heterocycles. The number of nitrogens with one attached hydrogen (secondary N) is 3. The number of fused-ring (bicyclic) bond motifs is 1. The molecule has 0 spiro atoms. The molecule has 5 heteroatoms. The zero-order valence-electron chi connectivity index (χ0n) is 9.83. The molecule has 1 aromatic rings. The van der Waals surface area contributed by atoms with Gasteiger partial charge in [0.25, 0.3) is 0 Å². The van der Waals surface area contributed by atoms with E-state index in [1.807, 2.05) is 0 Å². The summed E-state index contributed by atoms with van der Waals surface area (Å²) < 4.78 is 0. The lowest BCUT2D eigenvalue weighted by molar-refractivity contribution is -0.122. The van der Waals surface area contributed by atoms with Crippen LogP contribution in [0.3, 0.4) is 0 Å². The van der Waals surface area contributed by atoms with Crippen molar-refractivity contribution in [3.63, 3.8) is 0 Å². The fraction of sp³-hybridized carbons (Fsp3) is 0.667. The van der Waals surface area contributed by atoms with Gasteiger partial charge in [-0.05, 0) is 32.2 Å². The first-order chi connectivity index (χ1) is 8.28. The highest BCUT2D eigenvalue weighted by atomic mass is 16.1. The molecule has 2 aliphatic rings. The van der Waals surface area contributed by atoms with E-state index in [9.17, 15) is 4.79 Å². The number of rotatable bonds is 3. The van der Waals surface area contributed by atoms with Gasteiger partial charge in [0.05, 0.1) is 12.0 Å². The summed E-state index contributed by atoms with van der Waals surface area (Å²) in [5.74, 6) is 0.815. The number of imidazole rings is 1. The van der Waals surface area contributed by atoms with E-state index in [4.69, 9.17) is 0 Å². The van der Waals surface area contributed by atoms with Gasteiger partial charge >= 0.3 is 0 Å². The first kappa shape index (κ1) is 10.8. The molecule has 2 unspecified atom stereocenters. The molecule has 92 valence electrons. The Morgan fingerprint density at radius 2 is 2.53 bits per heavy atom. The topological polar surface area (TPSA) is 69.8 Å². The largest absolute Gasteiger partial charge is 0.349 e. The van der Waals surface area contributed by atoms with Crippen molar-refractivity contribution in [1.29, 1.82) is 0 Å². The zero-order chi connectivity index (χ0) is 11.7. The second-order valence-electron chi connectivity index (χ2n) is 5.07. The van der Waals surface area contributed by atoms with Gasteiger partial charge in [-0.3, -0.25) is 4.79 Å². The van der Waals surface area contributed by atoms with Crippen LogP contribution in [0.2, 0.25) is 0 Å². The van der Waals surface area contributed by atoms with Crippen molar-refractivity contribution in [1.82, 2.24) is 20.6 Å². The van der Waals surface area contributed by atoms with Crippen LogP contribution in [-0.2, 0) is 11.2 Å². The Balaban J connectivity index is 1.64. The SMILES string of the molecule is O=C(Cc1ncc[nH]1)NC12CCCC1NCC2. The second kappa shape index (κ2) is 4.14. The van der Waals surface area contributed by atoms with Crippen LogP contribution in [-0.4, -0.2) is 34.0 Å². The third-order valence-electron chi connectivity index (χ3n) is 4.02. The summed E-state index contributed by atoms with van der Waals surface area (Å²) in [6.45, 7) is 1.02. The Hall–Kier alpha value is -1.36. The van der Waals surface area contributed by atoms with Crippen molar-refractivity contribution in [3.05, 3.63) is 18.2 Å². The number of nitrogens with zero attached hydrogens (tertiary/aromatic N) is 1. The molecule has 2 heterocycles. The Labute approximate surface area is 100 Å². The summed E-state index contributed by atoms with van der Waals surface area (Å²) in [5.41, 5.74) is 0.0175. The number of carbonyl (C=O) groups is 1. The van der Waals surface area contributed by atoms with E-state index in [0.29, 0.717) is 12.5 Å². The molecule has 0 aromatic carbocycles. The van der Waals surface area contributed by atoms with Gasteiger partial charge in [-0.15, -0.1) is 0 Å². The van der Waals surface area contributed by atoms with Crippen LogP contribution >= 0.6 is 0 Å². The molecule has 1 saturated carbocycles. The molecule has 1 aliphatic carbocycles. The maximum Gasteiger partial charge on any atom is 0.228 e. The van der Waals surface area contributed by atoms with Crippen LogP contribution in [0, 0.1) is 0 Å². The maximum atomic E-state index is 12.0. The van der Waals surface area contributed by atoms with Crippen LogP contribution in [0.1, 0.15) is 31.5 Å². The molecule has 1 amide bonds. The van der Waals surface area contributed by atoms with E-state index in [0.717, 1.165) is 25.2 Å². The fourth-order valence-electron chi connectivity index (χ4n) is 3.22. The minimum Gasteiger partial charge on any atom is -0.349 e. The Morgan fingerprint density at radius 1 is 1.59 bits per heavy atom. The predicted molar refractivity (Wildman–Crippen MR) is 63.4 cm³/mol. The summed E-state index contributed by atoms with van der Waals surface area (Å²) >= 11 is 0. The lowest BCUT2D eigenvalue weighted by Crippen LogP contribution is -2.53. The summed E-state index contributed by atoms with van der Waals surface area (Å²) in [7, 11) is 0. The van der Waals surface area contributed by atoms with E-state index in [-0.39, 0.29) is 11.4 Å². The van der Waals surface area contributed by atoms with E-state index < -0.39 is 0 Å². The monoisotopic (exact) mass is 234 g/mol. The van der Waals surface area contributed by atoms with Crippen LogP contribution < -0.4 is 10.6 Å². The molecule has 1 aliphatic heterocycles. The van der Waals surface area contributed by atoms with Crippen molar-refractivity contribution in [2.24, 2.45) is 0 Å². The number of hydrogen-bond donors (Lipinski definition) is 3. The molecular weight excluding hydrogens is 216 g/mol. The van der Waals surface area contributed by atoms with Crippen molar-refractivity contribution in [2.45, 2.75) is 43.7 Å². The van der Waals surface area contributed by atoms with Crippen LogP contribution in [0.25, 0.3) is 0 Å². The first-order valence-corrected chi connectivity index (χ1v) is 6.31. The lowest BCUT2D eigenvalue weighted by Gasteiger charge is -2.30. The lowest BCUT2D eigenvalue weighted by atomic mass is 9.93. The molecule has 3 rings (SSSR count). The van der Waals surface area contributed by atoms with Crippen molar-refractivity contribution >= 4 is 5.91 Å². The van der Waals surface area contributed by atoms with Gasteiger partial charge in [0, 0.05) is 18.4 Å². The Kier molecular flexibility index (Phi) is 2.63. The van der Waals surface area contributed by atoms with E-state index in [1.165, 1.54) is 12.8 Å². The molecule has 5 nitrogen and oxygen atoms in total. The van der Waals surface area contributed by atoms with E-state index >= 15 is 0 Å². The molecular formula is C12H18N4O. The zero-order valence-corrected chi connectivity index (χ0v) is 9.83. The van der Waals surface area contributed by atoms with Gasteiger partial charge in [-0.25, -0.2) is 4.98 Å². The molecule has 3 N–H and O–H groups in total. The second-order valence-corrected chi connectivity index (χ2v) is 5.07. The highest BCUT2D eigenvalue weighted by Gasteiger charge is 2.46. The van der Waals surface area contributed by atoms with Gasteiger partial charge in [-0.1, -0.05) is 0 Å². The maximum absolute atomic E-state index is 12.0. The van der Waals surface area contributed by atoms with Gasteiger partial charge in [0.1, 0.15) is 5.82 Å². The Bertz CT molecular complexity index is 391. The Morgan fingerprint density at radius 3 is 3.35 bits per heavy atom. The highest BCUT2D eigenvalue weighted by Crippen LogP contribution is 2.36. The minimum atomic E-state index is 0.0175. The smallest absolute Gasteiger partial charge is 0.228 e. The average molecular weight is 234 g/mol.